The van der Waals surface area contributed by atoms with Crippen LogP contribution in [-0.2, 0) is 10.8 Å². The maximum Gasteiger partial charge on any atom is 0.164 e. The predicted octanol–water partition coefficient (Wildman–Crippen LogP) is 11.3. The molecule has 0 unspecified atom stereocenters. The van der Waals surface area contributed by atoms with E-state index in [1.165, 1.54) is 27.5 Å². The molecule has 47 heavy (non-hydrogen) atoms. The summed E-state index contributed by atoms with van der Waals surface area (Å²) in [5.41, 5.74) is 10.5. The third-order valence-electron chi connectivity index (χ3n) is 9.73. The Hall–Kier alpha value is -5.41. The minimum atomic E-state index is 0.0743. The fourth-order valence-electron chi connectivity index (χ4n) is 7.71. The molecule has 0 atom stereocenters. The molecule has 8 rings (SSSR count). The normalized spacial score (nSPS) is 14.6. The molecule has 228 valence electrons. The van der Waals surface area contributed by atoms with Crippen molar-refractivity contribution in [2.24, 2.45) is 0 Å². The molecule has 0 saturated heterocycles. The summed E-state index contributed by atoms with van der Waals surface area (Å²) in [6.45, 7) is 9.40. The van der Waals surface area contributed by atoms with E-state index < -0.39 is 0 Å². The Morgan fingerprint density at radius 2 is 1.00 bits per heavy atom. The van der Waals surface area contributed by atoms with Gasteiger partial charge in [-0.1, -0.05) is 149 Å². The molecule has 0 N–H and O–H groups in total. The zero-order chi connectivity index (χ0) is 32.2. The van der Waals surface area contributed by atoms with Gasteiger partial charge in [-0.05, 0) is 79.6 Å². The lowest BCUT2D eigenvalue weighted by atomic mass is 9.82. The Kier molecular flexibility index (Phi) is 6.88. The van der Waals surface area contributed by atoms with Crippen LogP contribution in [0.3, 0.4) is 0 Å². The second kappa shape index (κ2) is 11.1. The van der Waals surface area contributed by atoms with Gasteiger partial charge in [0.2, 0.25) is 0 Å². The zero-order valence-corrected chi connectivity index (χ0v) is 27.3. The molecule has 3 heteroatoms. The highest BCUT2D eigenvalue weighted by atomic mass is 15.0. The van der Waals surface area contributed by atoms with E-state index in [-0.39, 0.29) is 10.8 Å². The van der Waals surface area contributed by atoms with Crippen LogP contribution in [0.1, 0.15) is 45.2 Å². The van der Waals surface area contributed by atoms with E-state index >= 15 is 0 Å². The van der Waals surface area contributed by atoms with Gasteiger partial charge in [0.05, 0.1) is 0 Å². The molecule has 1 heterocycles. The smallest absolute Gasteiger partial charge is 0.164 e. The molecule has 0 saturated carbocycles. The third kappa shape index (κ3) is 5.22. The lowest BCUT2D eigenvalue weighted by molar-refractivity contribution is 0.403. The van der Waals surface area contributed by atoms with Crippen molar-refractivity contribution < 1.29 is 0 Å². The van der Waals surface area contributed by atoms with Crippen molar-refractivity contribution in [1.29, 1.82) is 0 Å². The number of aromatic nitrogens is 3. The molecule has 1 aliphatic rings. The molecule has 0 bridgehead atoms. The van der Waals surface area contributed by atoms with Crippen LogP contribution < -0.4 is 0 Å². The molecular formula is C44H37N3. The van der Waals surface area contributed by atoms with Gasteiger partial charge in [0, 0.05) is 16.7 Å². The van der Waals surface area contributed by atoms with E-state index in [2.05, 4.69) is 149 Å². The highest BCUT2D eigenvalue weighted by molar-refractivity contribution is 5.98. The van der Waals surface area contributed by atoms with Crippen LogP contribution in [0.4, 0.5) is 0 Å². The average Bonchev–Trinajstić information content (AvgIpc) is 3.30. The van der Waals surface area contributed by atoms with E-state index in [1.54, 1.807) is 0 Å². The van der Waals surface area contributed by atoms with Gasteiger partial charge in [-0.3, -0.25) is 0 Å². The standard InChI is InChI=1S/C44H37N3/c1-43(2)28-44(3,4)39-27-33(23-25-38(39)43)41-45-40(31-17-9-6-10-18-31)46-42(47-41)36-24-22-32(26-37(36)30-14-7-5-8-15-30)35-21-13-19-29-16-11-12-20-34(29)35/h5-27H,28H2,1-4H3. The minimum Gasteiger partial charge on any atom is -0.208 e. The van der Waals surface area contributed by atoms with Crippen molar-refractivity contribution in [3.63, 3.8) is 0 Å². The lowest BCUT2D eigenvalue weighted by Gasteiger charge is -2.22. The van der Waals surface area contributed by atoms with Gasteiger partial charge in [0.25, 0.3) is 0 Å². The van der Waals surface area contributed by atoms with E-state index in [9.17, 15) is 0 Å². The summed E-state index contributed by atoms with van der Waals surface area (Å²) < 4.78 is 0. The van der Waals surface area contributed by atoms with Crippen LogP contribution >= 0.6 is 0 Å². The predicted molar refractivity (Wildman–Crippen MR) is 195 cm³/mol. The monoisotopic (exact) mass is 607 g/mol. The maximum absolute atomic E-state index is 5.23. The van der Waals surface area contributed by atoms with Crippen LogP contribution in [0.25, 0.3) is 67.2 Å². The SMILES string of the molecule is CC1(C)CC(C)(C)c2cc(-c3nc(-c4ccccc4)nc(-c4ccc(-c5cccc6ccccc56)cc4-c4ccccc4)n3)ccc21. The summed E-state index contributed by atoms with van der Waals surface area (Å²) in [6, 6.07) is 49.4. The molecular weight excluding hydrogens is 571 g/mol. The number of hydrogen-bond donors (Lipinski definition) is 0. The molecule has 1 aliphatic carbocycles. The van der Waals surface area contributed by atoms with Gasteiger partial charge in [-0.25, -0.2) is 15.0 Å². The number of benzene rings is 6. The fourth-order valence-corrected chi connectivity index (χ4v) is 7.71. The van der Waals surface area contributed by atoms with E-state index in [4.69, 9.17) is 15.0 Å². The van der Waals surface area contributed by atoms with E-state index in [0.717, 1.165) is 39.8 Å². The number of nitrogens with zero attached hydrogens (tertiary/aromatic N) is 3. The quantitative estimate of drug-likeness (QED) is 0.195. The molecule has 0 aliphatic heterocycles. The van der Waals surface area contributed by atoms with Crippen molar-refractivity contribution in [3.8, 4) is 56.4 Å². The number of rotatable bonds is 5. The largest absolute Gasteiger partial charge is 0.208 e. The number of fused-ring (bicyclic) bond motifs is 2. The first-order valence-corrected chi connectivity index (χ1v) is 16.4. The van der Waals surface area contributed by atoms with Gasteiger partial charge in [-0.15, -0.1) is 0 Å². The Labute approximate surface area is 277 Å². The van der Waals surface area contributed by atoms with Gasteiger partial charge in [-0.2, -0.15) is 0 Å². The van der Waals surface area contributed by atoms with Gasteiger partial charge in [0.1, 0.15) is 0 Å². The molecule has 0 spiro atoms. The molecule has 0 radical (unpaired) electrons. The molecule has 1 aromatic heterocycles. The zero-order valence-electron chi connectivity index (χ0n) is 27.3. The van der Waals surface area contributed by atoms with Crippen molar-refractivity contribution in [1.82, 2.24) is 15.0 Å². The summed E-state index contributed by atoms with van der Waals surface area (Å²) in [6.07, 6.45) is 1.11. The molecule has 0 fully saturated rings. The van der Waals surface area contributed by atoms with Crippen LogP contribution in [0.15, 0.2) is 140 Å². The van der Waals surface area contributed by atoms with E-state index in [1.807, 2.05) is 18.2 Å². The van der Waals surface area contributed by atoms with E-state index in [0.29, 0.717) is 17.5 Å². The second-order valence-electron chi connectivity index (χ2n) is 14.0. The van der Waals surface area contributed by atoms with Crippen molar-refractivity contribution in [2.45, 2.75) is 44.9 Å². The second-order valence-corrected chi connectivity index (χ2v) is 14.0. The Balaban J connectivity index is 1.35. The Morgan fingerprint density at radius 1 is 0.404 bits per heavy atom. The van der Waals surface area contributed by atoms with Crippen LogP contribution in [0, 0.1) is 0 Å². The third-order valence-corrected chi connectivity index (χ3v) is 9.73. The topological polar surface area (TPSA) is 38.7 Å². The highest BCUT2D eigenvalue weighted by Gasteiger charge is 2.41. The van der Waals surface area contributed by atoms with Crippen LogP contribution in [0.5, 0.6) is 0 Å². The first-order chi connectivity index (χ1) is 22.8. The summed E-state index contributed by atoms with van der Waals surface area (Å²) >= 11 is 0. The minimum absolute atomic E-state index is 0.0743. The Bertz CT molecular complexity index is 2260. The van der Waals surface area contributed by atoms with Crippen molar-refractivity contribution in [3.05, 3.63) is 151 Å². The van der Waals surface area contributed by atoms with Crippen LogP contribution in [0.2, 0.25) is 0 Å². The van der Waals surface area contributed by atoms with Gasteiger partial charge >= 0.3 is 0 Å². The summed E-state index contributed by atoms with van der Waals surface area (Å²) in [5.74, 6) is 2.02. The summed E-state index contributed by atoms with van der Waals surface area (Å²) in [7, 11) is 0. The average molecular weight is 608 g/mol. The molecule has 7 aromatic rings. The molecule has 3 nitrogen and oxygen atoms in total. The number of hydrogen-bond acceptors (Lipinski definition) is 3. The Morgan fingerprint density at radius 3 is 1.77 bits per heavy atom. The summed E-state index contributed by atoms with van der Waals surface area (Å²) in [5, 5.41) is 2.46. The molecule has 0 amide bonds. The summed E-state index contributed by atoms with van der Waals surface area (Å²) in [4.78, 5) is 15.5. The van der Waals surface area contributed by atoms with Gasteiger partial charge in [0.15, 0.2) is 17.5 Å². The van der Waals surface area contributed by atoms with Gasteiger partial charge < -0.3 is 0 Å². The highest BCUT2D eigenvalue weighted by Crippen LogP contribution is 2.50. The van der Waals surface area contributed by atoms with Crippen molar-refractivity contribution in [2.75, 3.05) is 0 Å². The maximum atomic E-state index is 5.23. The first-order valence-electron chi connectivity index (χ1n) is 16.4. The first kappa shape index (κ1) is 29.0. The van der Waals surface area contributed by atoms with Crippen LogP contribution in [-0.4, -0.2) is 15.0 Å². The molecule has 6 aromatic carbocycles. The lowest BCUT2D eigenvalue weighted by Crippen LogP contribution is -2.17. The van der Waals surface area contributed by atoms with Crippen molar-refractivity contribution >= 4 is 10.8 Å². The fraction of sp³-hybridized carbons (Fsp3) is 0.159.